The minimum atomic E-state index is 1.11. The molecule has 0 atom stereocenters. The van der Waals surface area contributed by atoms with E-state index in [1.165, 1.54) is 104 Å². The summed E-state index contributed by atoms with van der Waals surface area (Å²) < 4.78 is 0. The molecular weight excluding hydrogens is 272 g/mol. The largest absolute Gasteiger partial charge is 0.315 e. The second-order valence-corrected chi connectivity index (χ2v) is 7.01. The van der Waals surface area contributed by atoms with E-state index in [1.807, 2.05) is 0 Å². The highest BCUT2D eigenvalue weighted by molar-refractivity contribution is 4.66. The Balaban J connectivity index is 1.29. The fourth-order valence-corrected chi connectivity index (χ4v) is 3.65. The molecule has 0 aromatic rings. The molecule has 4 nitrogen and oxygen atoms in total. The van der Waals surface area contributed by atoms with E-state index in [4.69, 9.17) is 0 Å². The lowest BCUT2D eigenvalue weighted by Crippen LogP contribution is -2.32. The predicted molar refractivity (Wildman–Crippen MR) is 95.6 cm³/mol. The van der Waals surface area contributed by atoms with E-state index in [0.717, 1.165) is 13.1 Å². The van der Waals surface area contributed by atoms with E-state index in [0.29, 0.717) is 0 Å². The summed E-state index contributed by atoms with van der Waals surface area (Å²) in [6.45, 7) is 12.5. The van der Waals surface area contributed by atoms with Gasteiger partial charge in [-0.05, 0) is 90.9 Å². The van der Waals surface area contributed by atoms with Crippen molar-refractivity contribution >= 4 is 0 Å². The molecule has 130 valence electrons. The lowest BCUT2D eigenvalue weighted by atomic mass is 10.2. The Morgan fingerprint density at radius 2 is 0.909 bits per heavy atom. The van der Waals surface area contributed by atoms with Crippen LogP contribution in [-0.2, 0) is 0 Å². The molecule has 0 bridgehead atoms. The van der Waals surface area contributed by atoms with E-state index in [1.54, 1.807) is 0 Å². The second kappa shape index (κ2) is 12.3. The summed E-state index contributed by atoms with van der Waals surface area (Å²) in [4.78, 5) is 5.26. The Kier molecular flexibility index (Phi) is 10.2. The van der Waals surface area contributed by atoms with Gasteiger partial charge in [0.05, 0.1) is 0 Å². The van der Waals surface area contributed by atoms with E-state index in [-0.39, 0.29) is 0 Å². The molecule has 2 saturated heterocycles. The Morgan fingerprint density at radius 1 is 0.500 bits per heavy atom. The lowest BCUT2D eigenvalue weighted by Gasteiger charge is -2.19. The van der Waals surface area contributed by atoms with Crippen LogP contribution in [0, 0.1) is 0 Å². The molecule has 4 heteroatoms. The van der Waals surface area contributed by atoms with E-state index in [9.17, 15) is 0 Å². The molecule has 2 aliphatic heterocycles. The predicted octanol–water partition coefficient (Wildman–Crippen LogP) is 1.92. The minimum absolute atomic E-state index is 1.11. The first kappa shape index (κ1) is 18.2. The molecule has 2 rings (SSSR count). The summed E-state index contributed by atoms with van der Waals surface area (Å²) in [5.74, 6) is 0. The number of nitrogens with zero attached hydrogens (tertiary/aromatic N) is 2. The van der Waals surface area contributed by atoms with Crippen LogP contribution >= 0.6 is 0 Å². The SMILES string of the molecule is C1CCCN(CCCNCCNCCCN2CCCC2)CC1. The van der Waals surface area contributed by atoms with Crippen molar-refractivity contribution in [1.29, 1.82) is 0 Å². The normalized spacial score (nSPS) is 21.3. The third-order valence-corrected chi connectivity index (χ3v) is 5.03. The van der Waals surface area contributed by atoms with Gasteiger partial charge in [-0.1, -0.05) is 12.8 Å². The molecule has 2 fully saturated rings. The zero-order valence-corrected chi connectivity index (χ0v) is 14.6. The first-order valence-electron chi connectivity index (χ1n) is 9.81. The molecule has 0 aromatic heterocycles. The van der Waals surface area contributed by atoms with Crippen LogP contribution in [0.2, 0.25) is 0 Å². The highest BCUT2D eigenvalue weighted by atomic mass is 15.1. The number of hydrogen-bond donors (Lipinski definition) is 2. The highest BCUT2D eigenvalue weighted by Crippen LogP contribution is 2.09. The molecule has 0 unspecified atom stereocenters. The summed E-state index contributed by atoms with van der Waals surface area (Å²) in [7, 11) is 0. The van der Waals surface area contributed by atoms with Crippen LogP contribution in [-0.4, -0.2) is 75.2 Å². The molecule has 0 aromatic carbocycles. The minimum Gasteiger partial charge on any atom is -0.315 e. The smallest absolute Gasteiger partial charge is 0.00767 e. The molecule has 2 aliphatic rings. The Hall–Kier alpha value is -0.160. The highest BCUT2D eigenvalue weighted by Gasteiger charge is 2.10. The van der Waals surface area contributed by atoms with Crippen LogP contribution in [0.25, 0.3) is 0 Å². The van der Waals surface area contributed by atoms with Gasteiger partial charge in [0.25, 0.3) is 0 Å². The average molecular weight is 311 g/mol. The quantitative estimate of drug-likeness (QED) is 0.571. The number of likely N-dealkylation sites (tertiary alicyclic amines) is 2. The zero-order chi connectivity index (χ0) is 15.3. The van der Waals surface area contributed by atoms with E-state index in [2.05, 4.69) is 20.4 Å². The lowest BCUT2D eigenvalue weighted by molar-refractivity contribution is 0.280. The molecule has 0 amide bonds. The summed E-state index contributed by atoms with van der Waals surface area (Å²) in [6, 6.07) is 0. The molecule has 2 heterocycles. The van der Waals surface area contributed by atoms with Crippen LogP contribution < -0.4 is 10.6 Å². The first-order chi connectivity index (χ1) is 10.9. The van der Waals surface area contributed by atoms with Crippen molar-refractivity contribution in [2.45, 2.75) is 51.4 Å². The monoisotopic (exact) mass is 310 g/mol. The topological polar surface area (TPSA) is 30.5 Å². The summed E-state index contributed by atoms with van der Waals surface area (Å²) in [6.07, 6.45) is 11.1. The molecule has 22 heavy (non-hydrogen) atoms. The second-order valence-electron chi connectivity index (χ2n) is 7.01. The van der Waals surface area contributed by atoms with Gasteiger partial charge in [0, 0.05) is 13.1 Å². The third-order valence-electron chi connectivity index (χ3n) is 5.03. The molecule has 2 N–H and O–H groups in total. The van der Waals surface area contributed by atoms with Crippen LogP contribution in [0.15, 0.2) is 0 Å². The average Bonchev–Trinajstić information content (AvgIpc) is 2.92. The molecule has 0 spiro atoms. The summed E-state index contributed by atoms with van der Waals surface area (Å²) in [5, 5.41) is 7.13. The van der Waals surface area contributed by atoms with Gasteiger partial charge < -0.3 is 20.4 Å². The van der Waals surface area contributed by atoms with Gasteiger partial charge in [-0.2, -0.15) is 0 Å². The number of nitrogens with one attached hydrogen (secondary N) is 2. The van der Waals surface area contributed by atoms with Gasteiger partial charge in [-0.3, -0.25) is 0 Å². The molecule has 0 aliphatic carbocycles. The maximum absolute atomic E-state index is 3.57. The van der Waals surface area contributed by atoms with Crippen molar-refractivity contribution in [1.82, 2.24) is 20.4 Å². The van der Waals surface area contributed by atoms with Crippen LogP contribution in [0.4, 0.5) is 0 Å². The van der Waals surface area contributed by atoms with Gasteiger partial charge >= 0.3 is 0 Å². The standard InChI is InChI=1S/C18H38N4/c1-2-4-14-21(13-3-1)17-7-9-19-11-12-20-10-8-18-22-15-5-6-16-22/h19-20H,1-18H2. The fraction of sp³-hybridized carbons (Fsp3) is 1.00. The number of rotatable bonds is 11. The molecule has 0 radical (unpaired) electrons. The van der Waals surface area contributed by atoms with E-state index >= 15 is 0 Å². The third kappa shape index (κ3) is 8.47. The van der Waals surface area contributed by atoms with Crippen molar-refractivity contribution in [3.05, 3.63) is 0 Å². The van der Waals surface area contributed by atoms with Gasteiger partial charge in [0.15, 0.2) is 0 Å². The molecule has 0 saturated carbocycles. The van der Waals surface area contributed by atoms with Crippen molar-refractivity contribution < 1.29 is 0 Å². The Bertz CT molecular complexity index is 245. The van der Waals surface area contributed by atoms with Gasteiger partial charge in [-0.25, -0.2) is 0 Å². The molecular formula is C18H38N4. The van der Waals surface area contributed by atoms with Crippen molar-refractivity contribution in [3.8, 4) is 0 Å². The van der Waals surface area contributed by atoms with Crippen LogP contribution in [0.1, 0.15) is 51.4 Å². The Morgan fingerprint density at radius 3 is 1.36 bits per heavy atom. The van der Waals surface area contributed by atoms with Crippen molar-refractivity contribution in [2.24, 2.45) is 0 Å². The van der Waals surface area contributed by atoms with Crippen molar-refractivity contribution in [2.75, 3.05) is 65.4 Å². The fourth-order valence-electron chi connectivity index (χ4n) is 3.65. The first-order valence-corrected chi connectivity index (χ1v) is 9.81. The van der Waals surface area contributed by atoms with Gasteiger partial charge in [0.2, 0.25) is 0 Å². The van der Waals surface area contributed by atoms with Crippen LogP contribution in [0.3, 0.4) is 0 Å². The van der Waals surface area contributed by atoms with Gasteiger partial charge in [0.1, 0.15) is 0 Å². The zero-order valence-electron chi connectivity index (χ0n) is 14.6. The summed E-state index contributed by atoms with van der Waals surface area (Å²) in [5.41, 5.74) is 0. The van der Waals surface area contributed by atoms with Crippen molar-refractivity contribution in [3.63, 3.8) is 0 Å². The maximum Gasteiger partial charge on any atom is 0.00767 e. The maximum atomic E-state index is 3.57. The van der Waals surface area contributed by atoms with Crippen LogP contribution in [0.5, 0.6) is 0 Å². The Labute approximate surface area is 138 Å². The number of hydrogen-bond acceptors (Lipinski definition) is 4. The van der Waals surface area contributed by atoms with Gasteiger partial charge in [-0.15, -0.1) is 0 Å². The van der Waals surface area contributed by atoms with E-state index < -0.39 is 0 Å². The summed E-state index contributed by atoms with van der Waals surface area (Å²) >= 11 is 0.